The van der Waals surface area contributed by atoms with Gasteiger partial charge in [0.2, 0.25) is 11.8 Å². The highest BCUT2D eigenvalue weighted by Gasteiger charge is 2.30. The number of carbonyl (C=O) groups is 2. The first kappa shape index (κ1) is 16.1. The van der Waals surface area contributed by atoms with Crippen LogP contribution in [0.5, 0.6) is 5.75 Å². The molecule has 0 saturated carbocycles. The van der Waals surface area contributed by atoms with Crippen molar-refractivity contribution in [3.8, 4) is 5.75 Å². The Morgan fingerprint density at radius 3 is 2.82 bits per heavy atom. The quantitative estimate of drug-likeness (QED) is 0.862. The van der Waals surface area contributed by atoms with Gasteiger partial charge in [0, 0.05) is 18.7 Å². The Labute approximate surface area is 130 Å². The van der Waals surface area contributed by atoms with Crippen LogP contribution in [-0.4, -0.2) is 36.4 Å². The molecule has 1 aromatic carbocycles. The first-order valence-electron chi connectivity index (χ1n) is 7.43. The van der Waals surface area contributed by atoms with E-state index in [0.29, 0.717) is 6.54 Å². The van der Waals surface area contributed by atoms with Crippen molar-refractivity contribution >= 4 is 17.9 Å². The molecule has 22 heavy (non-hydrogen) atoms. The molecule has 1 saturated heterocycles. The van der Waals surface area contributed by atoms with Crippen LogP contribution in [-0.2, 0) is 9.59 Å². The smallest absolute Gasteiger partial charge is 0.246 e. The van der Waals surface area contributed by atoms with Crippen molar-refractivity contribution in [1.82, 2.24) is 4.90 Å². The van der Waals surface area contributed by atoms with E-state index in [0.717, 1.165) is 24.2 Å². The largest absolute Gasteiger partial charge is 0.497 e. The molecule has 1 heterocycles. The Balaban J connectivity index is 2.06. The predicted molar refractivity (Wildman–Crippen MR) is 85.1 cm³/mol. The molecule has 1 aliphatic heterocycles. The molecule has 5 nitrogen and oxygen atoms in total. The molecule has 2 unspecified atom stereocenters. The number of nitrogens with two attached hydrogens (primary N) is 1. The minimum atomic E-state index is -0.332. The molecule has 2 amide bonds. The number of hydrogen-bond donors (Lipinski definition) is 1. The molecule has 0 spiro atoms. The third-order valence-electron chi connectivity index (χ3n) is 4.08. The number of nitrogens with zero attached hydrogens (tertiary/aromatic N) is 1. The number of hydrogen-bond acceptors (Lipinski definition) is 3. The maximum absolute atomic E-state index is 12.4. The fraction of sp³-hybridized carbons (Fsp3) is 0.412. The molecule has 2 N–H and O–H groups in total. The second-order valence-corrected chi connectivity index (χ2v) is 5.63. The summed E-state index contributed by atoms with van der Waals surface area (Å²) in [6.07, 6.45) is 4.84. The summed E-state index contributed by atoms with van der Waals surface area (Å²) in [5.74, 6) is 0.0721. The maximum Gasteiger partial charge on any atom is 0.246 e. The number of primary amides is 1. The van der Waals surface area contributed by atoms with Gasteiger partial charge < -0.3 is 15.4 Å². The van der Waals surface area contributed by atoms with Gasteiger partial charge in [0.1, 0.15) is 5.75 Å². The van der Waals surface area contributed by atoms with E-state index in [9.17, 15) is 9.59 Å². The summed E-state index contributed by atoms with van der Waals surface area (Å²) >= 11 is 0. The van der Waals surface area contributed by atoms with Crippen molar-refractivity contribution in [2.24, 2.45) is 11.7 Å². The van der Waals surface area contributed by atoms with Crippen molar-refractivity contribution in [1.29, 1.82) is 0 Å². The predicted octanol–water partition coefficient (Wildman–Crippen LogP) is 1.82. The van der Waals surface area contributed by atoms with Crippen molar-refractivity contribution < 1.29 is 14.3 Å². The van der Waals surface area contributed by atoms with Gasteiger partial charge in [0.25, 0.3) is 0 Å². The molecule has 1 fully saturated rings. The number of amides is 2. The number of benzene rings is 1. The van der Waals surface area contributed by atoms with Crippen LogP contribution in [0.15, 0.2) is 30.3 Å². The fourth-order valence-corrected chi connectivity index (χ4v) is 2.65. The monoisotopic (exact) mass is 302 g/mol. The Morgan fingerprint density at radius 2 is 2.14 bits per heavy atom. The van der Waals surface area contributed by atoms with Crippen LogP contribution in [0.3, 0.4) is 0 Å². The number of methoxy groups -OCH3 is 1. The van der Waals surface area contributed by atoms with Crippen LogP contribution in [0, 0.1) is 5.92 Å². The second kappa shape index (κ2) is 7.11. The van der Waals surface area contributed by atoms with Gasteiger partial charge in [-0.05, 0) is 43.5 Å². The van der Waals surface area contributed by atoms with Crippen LogP contribution < -0.4 is 10.5 Å². The molecular weight excluding hydrogens is 280 g/mol. The van der Waals surface area contributed by atoms with Gasteiger partial charge in [-0.3, -0.25) is 9.59 Å². The highest BCUT2D eigenvalue weighted by molar-refractivity contribution is 5.92. The van der Waals surface area contributed by atoms with Crippen molar-refractivity contribution in [2.45, 2.75) is 25.8 Å². The lowest BCUT2D eigenvalue weighted by molar-refractivity contribution is -0.133. The number of carbonyl (C=O) groups excluding carboxylic acids is 2. The average Bonchev–Trinajstić information content (AvgIpc) is 2.53. The summed E-state index contributed by atoms with van der Waals surface area (Å²) < 4.78 is 5.15. The molecule has 0 aliphatic carbocycles. The van der Waals surface area contributed by atoms with Gasteiger partial charge in [-0.2, -0.15) is 0 Å². The lowest BCUT2D eigenvalue weighted by Crippen LogP contribution is -2.48. The first-order valence-corrected chi connectivity index (χ1v) is 7.43. The summed E-state index contributed by atoms with van der Waals surface area (Å²) in [6, 6.07) is 7.60. The zero-order valence-corrected chi connectivity index (χ0v) is 13.0. The molecule has 1 aliphatic rings. The maximum atomic E-state index is 12.4. The van der Waals surface area contributed by atoms with Crippen LogP contribution in [0.4, 0.5) is 0 Å². The number of ether oxygens (including phenoxy) is 1. The highest BCUT2D eigenvalue weighted by atomic mass is 16.5. The first-order chi connectivity index (χ1) is 10.5. The molecule has 1 aromatic rings. The van der Waals surface area contributed by atoms with Crippen molar-refractivity contribution in [2.75, 3.05) is 13.7 Å². The molecule has 0 radical (unpaired) electrons. The summed E-state index contributed by atoms with van der Waals surface area (Å²) in [5, 5.41) is 0. The average molecular weight is 302 g/mol. The van der Waals surface area contributed by atoms with E-state index in [-0.39, 0.29) is 23.8 Å². The summed E-state index contributed by atoms with van der Waals surface area (Å²) in [7, 11) is 1.60. The minimum Gasteiger partial charge on any atom is -0.497 e. The highest BCUT2D eigenvalue weighted by Crippen LogP contribution is 2.22. The van der Waals surface area contributed by atoms with Gasteiger partial charge in [-0.25, -0.2) is 0 Å². The topological polar surface area (TPSA) is 72.6 Å². The molecule has 118 valence electrons. The molecule has 0 bridgehead atoms. The number of piperidine rings is 1. The molecule has 5 heteroatoms. The molecule has 2 atom stereocenters. The van der Waals surface area contributed by atoms with Crippen LogP contribution in [0.1, 0.15) is 25.3 Å². The Morgan fingerprint density at radius 1 is 1.36 bits per heavy atom. The normalized spacial score (nSPS) is 21.8. The lowest BCUT2D eigenvalue weighted by Gasteiger charge is -2.36. The standard InChI is InChI=1S/C17H22N2O3/c1-12-6-8-14(17(18)21)11-19(12)16(20)9-7-13-4-3-5-15(10-13)22-2/h3-5,7,9-10,12,14H,6,8,11H2,1-2H3,(H2,18,21)/b9-7+. The molecule has 0 aromatic heterocycles. The van der Waals surface area contributed by atoms with E-state index in [1.165, 1.54) is 6.08 Å². The Bertz CT molecular complexity index is 583. The number of rotatable bonds is 4. The van der Waals surface area contributed by atoms with Gasteiger partial charge in [-0.1, -0.05) is 12.1 Å². The van der Waals surface area contributed by atoms with Crippen molar-refractivity contribution in [3.63, 3.8) is 0 Å². The zero-order valence-electron chi connectivity index (χ0n) is 13.0. The van der Waals surface area contributed by atoms with E-state index in [1.807, 2.05) is 31.2 Å². The van der Waals surface area contributed by atoms with Crippen molar-refractivity contribution in [3.05, 3.63) is 35.9 Å². The third kappa shape index (κ3) is 3.87. The van der Waals surface area contributed by atoms with Crippen LogP contribution in [0.25, 0.3) is 6.08 Å². The Hall–Kier alpha value is -2.30. The fourth-order valence-electron chi connectivity index (χ4n) is 2.65. The minimum absolute atomic E-state index is 0.0960. The van der Waals surface area contributed by atoms with E-state index < -0.39 is 0 Å². The third-order valence-corrected chi connectivity index (χ3v) is 4.08. The van der Waals surface area contributed by atoms with E-state index >= 15 is 0 Å². The van der Waals surface area contributed by atoms with Gasteiger partial charge >= 0.3 is 0 Å². The summed E-state index contributed by atoms with van der Waals surface area (Å²) in [5.41, 5.74) is 6.26. The van der Waals surface area contributed by atoms with Gasteiger partial charge in [-0.15, -0.1) is 0 Å². The SMILES string of the molecule is COc1cccc(/C=C/C(=O)N2CC(C(N)=O)CCC2C)c1. The van der Waals surface area contributed by atoms with E-state index in [4.69, 9.17) is 10.5 Å². The van der Waals surface area contributed by atoms with E-state index in [2.05, 4.69) is 0 Å². The molecular formula is C17H22N2O3. The second-order valence-electron chi connectivity index (χ2n) is 5.63. The number of likely N-dealkylation sites (tertiary alicyclic amines) is 1. The van der Waals surface area contributed by atoms with Crippen LogP contribution in [0.2, 0.25) is 0 Å². The molecule has 2 rings (SSSR count). The van der Waals surface area contributed by atoms with E-state index in [1.54, 1.807) is 18.1 Å². The van der Waals surface area contributed by atoms with Gasteiger partial charge in [0.05, 0.1) is 13.0 Å². The summed E-state index contributed by atoms with van der Waals surface area (Å²) in [4.78, 5) is 25.4. The zero-order chi connectivity index (χ0) is 16.1. The summed E-state index contributed by atoms with van der Waals surface area (Å²) in [6.45, 7) is 2.40. The van der Waals surface area contributed by atoms with Gasteiger partial charge in [0.15, 0.2) is 0 Å². The lowest BCUT2D eigenvalue weighted by atomic mass is 9.93. The van der Waals surface area contributed by atoms with Crippen LogP contribution >= 0.6 is 0 Å². The Kier molecular flexibility index (Phi) is 5.20.